The van der Waals surface area contributed by atoms with Crippen molar-refractivity contribution in [1.82, 2.24) is 4.57 Å². The summed E-state index contributed by atoms with van der Waals surface area (Å²) in [5, 5.41) is 0.691. The van der Waals surface area contributed by atoms with Gasteiger partial charge in [0.15, 0.2) is 4.80 Å². The van der Waals surface area contributed by atoms with Crippen molar-refractivity contribution in [2.24, 2.45) is 4.99 Å². The summed E-state index contributed by atoms with van der Waals surface area (Å²) < 4.78 is 3.08. The molecule has 3 nitrogen and oxygen atoms in total. The zero-order valence-electron chi connectivity index (χ0n) is 13.0. The summed E-state index contributed by atoms with van der Waals surface area (Å²) in [6.07, 6.45) is 0.947. The number of aryl methyl sites for hydroxylation is 2. The molecule has 0 aliphatic heterocycles. The fraction of sp³-hybridized carbons (Fsp3) is 0.222. The van der Waals surface area contributed by atoms with Crippen LogP contribution in [-0.4, -0.2) is 10.5 Å². The highest BCUT2D eigenvalue weighted by Crippen LogP contribution is 2.25. The van der Waals surface area contributed by atoms with Gasteiger partial charge in [-0.2, -0.15) is 4.99 Å². The minimum absolute atomic E-state index is 0.221. The normalized spacial score (nSPS) is 12.0. The molecule has 118 valence electrons. The Morgan fingerprint density at radius 3 is 2.78 bits per heavy atom. The third-order valence-corrected chi connectivity index (χ3v) is 4.91. The Bertz CT molecular complexity index is 940. The number of carbonyl (C=O) groups excluding carboxylic acids is 1. The lowest BCUT2D eigenvalue weighted by Crippen LogP contribution is -2.17. The molecule has 0 saturated carbocycles. The van der Waals surface area contributed by atoms with Crippen LogP contribution in [0.1, 0.15) is 29.3 Å². The number of amides is 1. The van der Waals surface area contributed by atoms with Gasteiger partial charge in [-0.25, -0.2) is 0 Å². The van der Waals surface area contributed by atoms with Gasteiger partial charge in [0.1, 0.15) is 0 Å². The van der Waals surface area contributed by atoms with E-state index in [-0.39, 0.29) is 5.91 Å². The molecule has 2 aromatic carbocycles. The SMILES string of the molecule is CCCn1c(=NC(=O)c2cccc(C)c2)sc2cccc(Cl)c21. The highest BCUT2D eigenvalue weighted by molar-refractivity contribution is 7.16. The molecule has 3 aromatic rings. The average Bonchev–Trinajstić information content (AvgIpc) is 2.86. The topological polar surface area (TPSA) is 34.4 Å². The van der Waals surface area contributed by atoms with Gasteiger partial charge in [-0.1, -0.05) is 53.6 Å². The molecule has 0 radical (unpaired) electrons. The average molecular weight is 345 g/mol. The monoisotopic (exact) mass is 344 g/mol. The summed E-state index contributed by atoms with van der Waals surface area (Å²) in [5.74, 6) is -0.221. The van der Waals surface area contributed by atoms with Crippen molar-refractivity contribution in [3.05, 3.63) is 63.4 Å². The first kappa shape index (κ1) is 16.0. The van der Waals surface area contributed by atoms with Crippen LogP contribution in [0.15, 0.2) is 47.5 Å². The molecule has 1 aromatic heterocycles. The number of hydrogen-bond donors (Lipinski definition) is 0. The van der Waals surface area contributed by atoms with Gasteiger partial charge in [-0.05, 0) is 37.6 Å². The van der Waals surface area contributed by atoms with Crippen LogP contribution in [-0.2, 0) is 6.54 Å². The van der Waals surface area contributed by atoms with Crippen LogP contribution in [0, 0.1) is 6.92 Å². The number of benzene rings is 2. The molecule has 0 atom stereocenters. The van der Waals surface area contributed by atoms with Crippen LogP contribution < -0.4 is 4.80 Å². The van der Waals surface area contributed by atoms with Crippen molar-refractivity contribution in [3.8, 4) is 0 Å². The van der Waals surface area contributed by atoms with E-state index in [0.717, 1.165) is 28.7 Å². The number of nitrogens with zero attached hydrogens (tertiary/aromatic N) is 2. The number of hydrogen-bond acceptors (Lipinski definition) is 2. The van der Waals surface area contributed by atoms with Gasteiger partial charge in [0, 0.05) is 12.1 Å². The standard InChI is InChI=1S/C18H17ClN2OS/c1-3-10-21-16-14(19)8-5-9-15(16)23-18(21)20-17(22)13-7-4-6-12(2)11-13/h4-9,11H,3,10H2,1-2H3. The molecule has 0 N–H and O–H groups in total. The molecular formula is C18H17ClN2OS. The van der Waals surface area contributed by atoms with E-state index in [1.165, 1.54) is 11.3 Å². The Hall–Kier alpha value is -1.91. The highest BCUT2D eigenvalue weighted by Gasteiger charge is 2.11. The number of para-hydroxylation sites is 1. The van der Waals surface area contributed by atoms with Gasteiger partial charge >= 0.3 is 0 Å². The highest BCUT2D eigenvalue weighted by atomic mass is 35.5. The van der Waals surface area contributed by atoms with Gasteiger partial charge in [-0.3, -0.25) is 4.79 Å². The molecule has 0 bridgehead atoms. The van der Waals surface area contributed by atoms with E-state index in [0.29, 0.717) is 15.4 Å². The number of carbonyl (C=O) groups is 1. The maximum atomic E-state index is 12.5. The van der Waals surface area contributed by atoms with Gasteiger partial charge in [-0.15, -0.1) is 0 Å². The van der Waals surface area contributed by atoms with Crippen molar-refractivity contribution in [2.45, 2.75) is 26.8 Å². The van der Waals surface area contributed by atoms with Gasteiger partial charge in [0.25, 0.3) is 5.91 Å². The molecule has 5 heteroatoms. The van der Waals surface area contributed by atoms with Crippen LogP contribution in [0.2, 0.25) is 5.02 Å². The fourth-order valence-corrected chi connectivity index (χ4v) is 3.95. The molecular weight excluding hydrogens is 328 g/mol. The van der Waals surface area contributed by atoms with Crippen LogP contribution in [0.25, 0.3) is 10.2 Å². The number of thiazole rings is 1. The van der Waals surface area contributed by atoms with E-state index >= 15 is 0 Å². The molecule has 1 amide bonds. The third-order valence-electron chi connectivity index (χ3n) is 3.56. The van der Waals surface area contributed by atoms with E-state index in [9.17, 15) is 4.79 Å². The van der Waals surface area contributed by atoms with Crippen molar-refractivity contribution < 1.29 is 4.79 Å². The van der Waals surface area contributed by atoms with Crippen LogP contribution >= 0.6 is 22.9 Å². The van der Waals surface area contributed by atoms with Crippen molar-refractivity contribution in [2.75, 3.05) is 0 Å². The summed E-state index contributed by atoms with van der Waals surface area (Å²) in [6.45, 7) is 4.84. The minimum Gasteiger partial charge on any atom is -0.315 e. The Balaban J connectivity index is 2.17. The molecule has 0 aliphatic carbocycles. The van der Waals surface area contributed by atoms with Gasteiger partial charge in [0.05, 0.1) is 15.2 Å². The van der Waals surface area contributed by atoms with E-state index in [1.54, 1.807) is 6.07 Å². The molecule has 0 unspecified atom stereocenters. The van der Waals surface area contributed by atoms with Crippen molar-refractivity contribution in [3.63, 3.8) is 0 Å². The second-order valence-electron chi connectivity index (χ2n) is 5.41. The summed E-state index contributed by atoms with van der Waals surface area (Å²) in [4.78, 5) is 17.5. The third kappa shape index (κ3) is 3.23. The molecule has 0 aliphatic rings. The van der Waals surface area contributed by atoms with Crippen molar-refractivity contribution in [1.29, 1.82) is 0 Å². The molecule has 0 spiro atoms. The second kappa shape index (κ2) is 6.69. The molecule has 1 heterocycles. The lowest BCUT2D eigenvalue weighted by Gasteiger charge is -2.04. The largest absolute Gasteiger partial charge is 0.315 e. The molecule has 23 heavy (non-hydrogen) atoms. The Labute approximate surface area is 143 Å². The van der Waals surface area contributed by atoms with E-state index in [2.05, 4.69) is 11.9 Å². The van der Waals surface area contributed by atoms with E-state index in [1.807, 2.05) is 47.9 Å². The minimum atomic E-state index is -0.221. The predicted molar refractivity (Wildman–Crippen MR) is 96.2 cm³/mol. The first-order valence-electron chi connectivity index (χ1n) is 7.53. The van der Waals surface area contributed by atoms with Crippen LogP contribution in [0.4, 0.5) is 0 Å². The van der Waals surface area contributed by atoms with Crippen LogP contribution in [0.3, 0.4) is 0 Å². The summed E-state index contributed by atoms with van der Waals surface area (Å²) in [5.41, 5.74) is 2.61. The summed E-state index contributed by atoms with van der Waals surface area (Å²) in [6, 6.07) is 13.3. The maximum absolute atomic E-state index is 12.5. The molecule has 0 saturated heterocycles. The summed E-state index contributed by atoms with van der Waals surface area (Å²) in [7, 11) is 0. The summed E-state index contributed by atoms with van der Waals surface area (Å²) >= 11 is 7.84. The van der Waals surface area contributed by atoms with Crippen LogP contribution in [0.5, 0.6) is 0 Å². The van der Waals surface area contributed by atoms with Gasteiger partial charge < -0.3 is 4.57 Å². The molecule has 3 rings (SSSR count). The Kier molecular flexibility index (Phi) is 4.64. The fourth-order valence-electron chi connectivity index (χ4n) is 2.53. The Morgan fingerprint density at radius 2 is 2.04 bits per heavy atom. The zero-order valence-corrected chi connectivity index (χ0v) is 14.6. The predicted octanol–water partition coefficient (Wildman–Crippen LogP) is 4.82. The Morgan fingerprint density at radius 1 is 1.26 bits per heavy atom. The lowest BCUT2D eigenvalue weighted by atomic mass is 10.1. The van der Waals surface area contributed by atoms with E-state index < -0.39 is 0 Å². The maximum Gasteiger partial charge on any atom is 0.279 e. The number of halogens is 1. The van der Waals surface area contributed by atoms with Crippen molar-refractivity contribution >= 4 is 39.1 Å². The first-order chi connectivity index (χ1) is 11.1. The zero-order chi connectivity index (χ0) is 16.4. The quantitative estimate of drug-likeness (QED) is 0.671. The molecule has 0 fully saturated rings. The first-order valence-corrected chi connectivity index (χ1v) is 8.73. The number of fused-ring (bicyclic) bond motifs is 1. The van der Waals surface area contributed by atoms with Gasteiger partial charge in [0.2, 0.25) is 0 Å². The second-order valence-corrected chi connectivity index (χ2v) is 6.83. The number of rotatable bonds is 3. The lowest BCUT2D eigenvalue weighted by molar-refractivity contribution is 0.0997. The smallest absolute Gasteiger partial charge is 0.279 e. The van der Waals surface area contributed by atoms with E-state index in [4.69, 9.17) is 11.6 Å². The number of aromatic nitrogens is 1.